The average molecular weight is 483 g/mol. The zero-order valence-electron chi connectivity index (χ0n) is 15.8. The van der Waals surface area contributed by atoms with E-state index in [1.54, 1.807) is 26.4 Å². The van der Waals surface area contributed by atoms with Gasteiger partial charge >= 0.3 is 0 Å². The molecule has 0 saturated heterocycles. The first kappa shape index (κ1) is 25.0. The lowest BCUT2D eigenvalue weighted by molar-refractivity contribution is 0.0698. The van der Waals surface area contributed by atoms with Gasteiger partial charge in [-0.05, 0) is 31.0 Å². The minimum absolute atomic E-state index is 0. The van der Waals surface area contributed by atoms with Crippen molar-refractivity contribution in [3.63, 3.8) is 0 Å². The lowest BCUT2D eigenvalue weighted by Gasteiger charge is -2.16. The Morgan fingerprint density at radius 2 is 1.85 bits per heavy atom. The molecule has 0 amide bonds. The van der Waals surface area contributed by atoms with Gasteiger partial charge in [0, 0.05) is 33.9 Å². The van der Waals surface area contributed by atoms with Crippen molar-refractivity contribution in [2.75, 3.05) is 53.7 Å². The molecule has 0 radical (unpaired) electrons. The zero-order chi connectivity index (χ0) is 18.3. The van der Waals surface area contributed by atoms with E-state index in [0.29, 0.717) is 26.4 Å². The monoisotopic (exact) mass is 483 g/mol. The topological polar surface area (TPSA) is 64.1 Å². The number of guanidine groups is 1. The second-order valence-corrected chi connectivity index (χ2v) is 5.38. The van der Waals surface area contributed by atoms with Gasteiger partial charge in [0.2, 0.25) is 0 Å². The maximum absolute atomic E-state index is 13.0. The number of halogens is 2. The SMILES string of the molecule is CCNC(=NCC(OC)c1ccc(F)cc1)NCCCOCCOC.I. The molecule has 0 heterocycles. The first-order valence-electron chi connectivity index (χ1n) is 8.58. The molecule has 0 aliphatic heterocycles. The number of ether oxygens (including phenoxy) is 3. The predicted octanol–water partition coefficient (Wildman–Crippen LogP) is 2.74. The van der Waals surface area contributed by atoms with E-state index in [1.165, 1.54) is 12.1 Å². The number of benzene rings is 1. The fourth-order valence-electron chi connectivity index (χ4n) is 2.13. The Kier molecular flexibility index (Phi) is 15.6. The van der Waals surface area contributed by atoms with E-state index in [1.807, 2.05) is 6.92 Å². The molecule has 0 saturated carbocycles. The number of hydrogen-bond donors (Lipinski definition) is 2. The van der Waals surface area contributed by atoms with E-state index < -0.39 is 0 Å². The molecule has 1 atom stereocenters. The van der Waals surface area contributed by atoms with Gasteiger partial charge in [-0.15, -0.1) is 24.0 Å². The summed E-state index contributed by atoms with van der Waals surface area (Å²) in [5, 5.41) is 6.46. The van der Waals surface area contributed by atoms with Gasteiger partial charge in [0.25, 0.3) is 0 Å². The van der Waals surface area contributed by atoms with E-state index in [0.717, 1.165) is 31.0 Å². The molecule has 8 heteroatoms. The molecular formula is C18H31FIN3O3. The molecule has 26 heavy (non-hydrogen) atoms. The van der Waals surface area contributed by atoms with Crippen molar-refractivity contribution in [3.8, 4) is 0 Å². The van der Waals surface area contributed by atoms with Crippen molar-refractivity contribution in [1.82, 2.24) is 10.6 Å². The quantitative estimate of drug-likeness (QED) is 0.207. The van der Waals surface area contributed by atoms with Gasteiger partial charge in [-0.25, -0.2) is 4.39 Å². The van der Waals surface area contributed by atoms with Crippen molar-refractivity contribution >= 4 is 29.9 Å². The van der Waals surface area contributed by atoms with Gasteiger partial charge in [0.15, 0.2) is 5.96 Å². The Hall–Kier alpha value is -0.970. The van der Waals surface area contributed by atoms with Gasteiger partial charge in [-0.2, -0.15) is 0 Å². The third-order valence-electron chi connectivity index (χ3n) is 3.48. The highest BCUT2D eigenvalue weighted by atomic mass is 127. The number of hydrogen-bond acceptors (Lipinski definition) is 4. The van der Waals surface area contributed by atoms with E-state index in [-0.39, 0.29) is 35.9 Å². The second-order valence-electron chi connectivity index (χ2n) is 5.38. The zero-order valence-corrected chi connectivity index (χ0v) is 18.1. The summed E-state index contributed by atoms with van der Waals surface area (Å²) in [4.78, 5) is 4.55. The van der Waals surface area contributed by atoms with Crippen LogP contribution in [0.4, 0.5) is 4.39 Å². The molecule has 0 aliphatic rings. The number of aliphatic imine (C=N–C) groups is 1. The van der Waals surface area contributed by atoms with E-state index in [4.69, 9.17) is 14.2 Å². The molecule has 1 unspecified atom stereocenters. The van der Waals surface area contributed by atoms with Crippen LogP contribution in [-0.2, 0) is 14.2 Å². The van der Waals surface area contributed by atoms with Crippen molar-refractivity contribution < 1.29 is 18.6 Å². The average Bonchev–Trinajstić information content (AvgIpc) is 2.62. The molecule has 0 aromatic heterocycles. The van der Waals surface area contributed by atoms with Crippen LogP contribution in [0.25, 0.3) is 0 Å². The fraction of sp³-hybridized carbons (Fsp3) is 0.611. The van der Waals surface area contributed by atoms with E-state index in [9.17, 15) is 4.39 Å². The summed E-state index contributed by atoms with van der Waals surface area (Å²) in [6, 6.07) is 6.30. The van der Waals surface area contributed by atoms with Crippen LogP contribution in [0.15, 0.2) is 29.3 Å². The van der Waals surface area contributed by atoms with Crippen LogP contribution in [-0.4, -0.2) is 59.6 Å². The molecule has 150 valence electrons. The maximum atomic E-state index is 13.0. The van der Waals surface area contributed by atoms with Crippen molar-refractivity contribution in [1.29, 1.82) is 0 Å². The van der Waals surface area contributed by atoms with E-state index >= 15 is 0 Å². The highest BCUT2D eigenvalue weighted by Crippen LogP contribution is 2.17. The summed E-state index contributed by atoms with van der Waals surface area (Å²) in [5.74, 6) is 0.466. The third kappa shape index (κ3) is 10.9. The summed E-state index contributed by atoms with van der Waals surface area (Å²) in [6.45, 7) is 5.88. The van der Waals surface area contributed by atoms with Gasteiger partial charge in [0.05, 0.1) is 19.8 Å². The Labute approximate surface area is 172 Å². The minimum atomic E-state index is -0.259. The van der Waals surface area contributed by atoms with Crippen molar-refractivity contribution in [2.45, 2.75) is 19.4 Å². The van der Waals surface area contributed by atoms with Crippen molar-refractivity contribution in [2.24, 2.45) is 4.99 Å². The smallest absolute Gasteiger partial charge is 0.191 e. The summed E-state index contributed by atoms with van der Waals surface area (Å²) in [7, 11) is 3.28. The molecule has 1 aromatic carbocycles. The molecular weight excluding hydrogens is 452 g/mol. The number of methoxy groups -OCH3 is 2. The first-order valence-corrected chi connectivity index (χ1v) is 8.58. The van der Waals surface area contributed by atoms with Crippen LogP contribution in [0.2, 0.25) is 0 Å². The molecule has 0 aliphatic carbocycles. The Morgan fingerprint density at radius 3 is 2.46 bits per heavy atom. The lowest BCUT2D eigenvalue weighted by atomic mass is 10.1. The number of nitrogens with zero attached hydrogens (tertiary/aromatic N) is 1. The molecule has 0 bridgehead atoms. The largest absolute Gasteiger partial charge is 0.382 e. The number of nitrogens with one attached hydrogen (secondary N) is 2. The minimum Gasteiger partial charge on any atom is -0.382 e. The second kappa shape index (κ2) is 16.2. The molecule has 1 rings (SSSR count). The molecule has 0 spiro atoms. The van der Waals surface area contributed by atoms with Gasteiger partial charge < -0.3 is 24.8 Å². The lowest BCUT2D eigenvalue weighted by Crippen LogP contribution is -2.38. The standard InChI is InChI=1S/C18H30FN3O3.HI/c1-4-20-18(21-10-5-11-25-13-12-23-2)22-14-17(24-3)15-6-8-16(19)9-7-15;/h6-9,17H,4-5,10-14H2,1-3H3,(H2,20,21,22);1H. The van der Waals surface area contributed by atoms with Gasteiger partial charge in [0.1, 0.15) is 11.9 Å². The fourth-order valence-corrected chi connectivity index (χ4v) is 2.13. The normalized spacial score (nSPS) is 12.4. The summed E-state index contributed by atoms with van der Waals surface area (Å²) in [6.07, 6.45) is 0.660. The third-order valence-corrected chi connectivity index (χ3v) is 3.48. The Balaban J connectivity index is 0.00000625. The summed E-state index contributed by atoms with van der Waals surface area (Å²) < 4.78 is 28.8. The summed E-state index contributed by atoms with van der Waals surface area (Å²) >= 11 is 0. The Bertz CT molecular complexity index is 489. The van der Waals surface area contributed by atoms with Crippen LogP contribution in [0.1, 0.15) is 25.0 Å². The van der Waals surface area contributed by atoms with Crippen LogP contribution in [0, 0.1) is 5.82 Å². The summed E-state index contributed by atoms with van der Waals surface area (Å²) in [5.41, 5.74) is 0.898. The molecule has 2 N–H and O–H groups in total. The van der Waals surface area contributed by atoms with Gasteiger partial charge in [-0.1, -0.05) is 12.1 Å². The van der Waals surface area contributed by atoms with Crippen molar-refractivity contribution in [3.05, 3.63) is 35.6 Å². The maximum Gasteiger partial charge on any atom is 0.191 e. The van der Waals surface area contributed by atoms with Crippen LogP contribution in [0.3, 0.4) is 0 Å². The van der Waals surface area contributed by atoms with Crippen LogP contribution in [0.5, 0.6) is 0 Å². The highest BCUT2D eigenvalue weighted by Gasteiger charge is 2.10. The molecule has 6 nitrogen and oxygen atoms in total. The van der Waals surface area contributed by atoms with E-state index in [2.05, 4.69) is 15.6 Å². The first-order chi connectivity index (χ1) is 12.2. The predicted molar refractivity (Wildman–Crippen MR) is 113 cm³/mol. The van der Waals surface area contributed by atoms with Crippen LogP contribution >= 0.6 is 24.0 Å². The van der Waals surface area contributed by atoms with Crippen LogP contribution < -0.4 is 10.6 Å². The highest BCUT2D eigenvalue weighted by molar-refractivity contribution is 14.0. The molecule has 1 aromatic rings. The van der Waals surface area contributed by atoms with Gasteiger partial charge in [-0.3, -0.25) is 4.99 Å². The molecule has 0 fully saturated rings. The Morgan fingerprint density at radius 1 is 1.12 bits per heavy atom. The number of rotatable bonds is 12.